The largest absolute Gasteiger partial charge is 0.314 e. The fourth-order valence-electron chi connectivity index (χ4n) is 4.72. The lowest BCUT2D eigenvalue weighted by Crippen LogP contribution is -2.45. The van der Waals surface area contributed by atoms with Crippen LogP contribution >= 0.6 is 0 Å². The fourth-order valence-corrected chi connectivity index (χ4v) is 4.72. The van der Waals surface area contributed by atoms with Gasteiger partial charge in [0.15, 0.2) is 0 Å². The molecule has 2 aliphatic rings. The van der Waals surface area contributed by atoms with Crippen LogP contribution in [-0.2, 0) is 12.8 Å². The Hall–Kier alpha value is -0.820. The number of hydrogen-bond acceptors (Lipinski definition) is 1. The van der Waals surface area contributed by atoms with Gasteiger partial charge in [-0.3, -0.25) is 0 Å². The van der Waals surface area contributed by atoms with Crippen LogP contribution in [0.15, 0.2) is 24.3 Å². The van der Waals surface area contributed by atoms with Crippen LogP contribution in [0.5, 0.6) is 0 Å². The number of benzene rings is 1. The van der Waals surface area contributed by atoms with E-state index in [1.807, 2.05) is 0 Å². The van der Waals surface area contributed by atoms with Crippen molar-refractivity contribution < 1.29 is 0 Å². The number of hydrogen-bond donors (Lipinski definition) is 1. The molecular weight excluding hydrogens is 254 g/mol. The average Bonchev–Trinajstić information content (AvgIpc) is 2.91. The molecule has 21 heavy (non-hydrogen) atoms. The first-order chi connectivity index (χ1) is 10.2. The molecule has 0 radical (unpaired) electrons. The predicted octanol–water partition coefficient (Wildman–Crippen LogP) is 4.45. The van der Waals surface area contributed by atoms with Crippen molar-refractivity contribution in [2.24, 2.45) is 23.7 Å². The molecule has 116 valence electrons. The Morgan fingerprint density at radius 2 is 1.67 bits per heavy atom. The van der Waals surface area contributed by atoms with Gasteiger partial charge in [-0.1, -0.05) is 51.5 Å². The third-order valence-electron chi connectivity index (χ3n) is 6.18. The van der Waals surface area contributed by atoms with Crippen molar-refractivity contribution in [2.75, 3.05) is 6.54 Å². The molecule has 2 aliphatic carbocycles. The zero-order chi connectivity index (χ0) is 14.8. The average molecular weight is 285 g/mol. The van der Waals surface area contributed by atoms with Crippen LogP contribution in [0.3, 0.4) is 0 Å². The van der Waals surface area contributed by atoms with E-state index in [0.717, 1.165) is 36.3 Å². The first-order valence-electron chi connectivity index (χ1n) is 8.99. The van der Waals surface area contributed by atoms with Crippen molar-refractivity contribution >= 4 is 0 Å². The minimum atomic E-state index is 0.720. The molecular formula is C20H31N. The fraction of sp³-hybridized carbons (Fsp3) is 0.700. The number of fused-ring (bicyclic) bond motifs is 1. The summed E-state index contributed by atoms with van der Waals surface area (Å²) in [6.45, 7) is 8.28. The molecule has 0 saturated heterocycles. The molecule has 1 saturated carbocycles. The topological polar surface area (TPSA) is 12.0 Å². The van der Waals surface area contributed by atoms with Crippen LogP contribution in [0.25, 0.3) is 0 Å². The maximum atomic E-state index is 3.86. The Labute approximate surface area is 130 Å². The van der Waals surface area contributed by atoms with Crippen molar-refractivity contribution in [3.8, 4) is 0 Å². The standard InChI is InChI=1S/C20H31N/c1-4-21-20(18-10-9-14(2)15(3)11-18)19-12-16-7-5-6-8-17(16)13-19/h5-8,14-15,18-21H,4,9-13H2,1-3H3. The van der Waals surface area contributed by atoms with Crippen molar-refractivity contribution in [1.29, 1.82) is 0 Å². The van der Waals surface area contributed by atoms with Gasteiger partial charge in [-0.15, -0.1) is 0 Å². The van der Waals surface area contributed by atoms with E-state index >= 15 is 0 Å². The number of rotatable bonds is 4. The Morgan fingerprint density at radius 1 is 1.00 bits per heavy atom. The van der Waals surface area contributed by atoms with Gasteiger partial charge in [-0.2, -0.15) is 0 Å². The summed E-state index contributed by atoms with van der Waals surface area (Å²) in [6.07, 6.45) is 6.84. The molecule has 0 spiro atoms. The van der Waals surface area contributed by atoms with Gasteiger partial charge >= 0.3 is 0 Å². The highest BCUT2D eigenvalue weighted by Crippen LogP contribution is 2.39. The molecule has 3 rings (SSSR count). The van der Waals surface area contributed by atoms with E-state index in [1.54, 1.807) is 11.1 Å². The van der Waals surface area contributed by atoms with Crippen LogP contribution in [0.2, 0.25) is 0 Å². The van der Waals surface area contributed by atoms with Gasteiger partial charge in [0.05, 0.1) is 0 Å². The molecule has 1 fully saturated rings. The van der Waals surface area contributed by atoms with E-state index in [4.69, 9.17) is 0 Å². The lowest BCUT2D eigenvalue weighted by Gasteiger charge is -2.39. The zero-order valence-electron chi connectivity index (χ0n) is 13.9. The van der Waals surface area contributed by atoms with Gasteiger partial charge in [0.2, 0.25) is 0 Å². The highest BCUT2D eigenvalue weighted by atomic mass is 14.9. The third-order valence-corrected chi connectivity index (χ3v) is 6.18. The molecule has 0 amide bonds. The SMILES string of the molecule is CCNC(C1Cc2ccccc2C1)C1CCC(C)C(C)C1. The quantitative estimate of drug-likeness (QED) is 0.861. The van der Waals surface area contributed by atoms with E-state index in [1.165, 1.54) is 32.1 Å². The van der Waals surface area contributed by atoms with E-state index in [9.17, 15) is 0 Å². The zero-order valence-corrected chi connectivity index (χ0v) is 13.9. The Balaban J connectivity index is 1.71. The molecule has 0 aliphatic heterocycles. The van der Waals surface area contributed by atoms with Crippen molar-refractivity contribution in [3.63, 3.8) is 0 Å². The van der Waals surface area contributed by atoms with E-state index < -0.39 is 0 Å². The van der Waals surface area contributed by atoms with E-state index in [0.29, 0.717) is 0 Å². The molecule has 4 atom stereocenters. The Morgan fingerprint density at radius 3 is 2.24 bits per heavy atom. The Bertz CT molecular complexity index is 442. The highest BCUT2D eigenvalue weighted by Gasteiger charge is 2.36. The maximum absolute atomic E-state index is 3.86. The second kappa shape index (κ2) is 6.52. The molecule has 0 heterocycles. The van der Waals surface area contributed by atoms with Crippen molar-refractivity contribution in [3.05, 3.63) is 35.4 Å². The second-order valence-electron chi connectivity index (χ2n) is 7.55. The minimum Gasteiger partial charge on any atom is -0.314 e. The molecule has 1 N–H and O–H groups in total. The van der Waals surface area contributed by atoms with Gasteiger partial charge < -0.3 is 5.32 Å². The monoisotopic (exact) mass is 285 g/mol. The third kappa shape index (κ3) is 3.18. The van der Waals surface area contributed by atoms with Gasteiger partial charge in [-0.05, 0) is 67.0 Å². The van der Waals surface area contributed by atoms with Gasteiger partial charge in [0.1, 0.15) is 0 Å². The van der Waals surface area contributed by atoms with Crippen LogP contribution in [0.4, 0.5) is 0 Å². The van der Waals surface area contributed by atoms with Gasteiger partial charge in [0, 0.05) is 6.04 Å². The van der Waals surface area contributed by atoms with E-state index in [-0.39, 0.29) is 0 Å². The van der Waals surface area contributed by atoms with Crippen LogP contribution in [-0.4, -0.2) is 12.6 Å². The molecule has 1 aromatic carbocycles. The van der Waals surface area contributed by atoms with Gasteiger partial charge in [-0.25, -0.2) is 0 Å². The van der Waals surface area contributed by atoms with Gasteiger partial charge in [0.25, 0.3) is 0 Å². The first kappa shape index (κ1) is 15.1. The Kier molecular flexibility index (Phi) is 4.69. The van der Waals surface area contributed by atoms with Crippen molar-refractivity contribution in [1.82, 2.24) is 5.32 Å². The number of nitrogens with one attached hydrogen (secondary N) is 1. The summed E-state index contributed by atoms with van der Waals surface area (Å²) in [7, 11) is 0. The summed E-state index contributed by atoms with van der Waals surface area (Å²) in [5.74, 6) is 3.52. The summed E-state index contributed by atoms with van der Waals surface area (Å²) in [5.41, 5.74) is 3.20. The first-order valence-corrected chi connectivity index (χ1v) is 8.99. The summed E-state index contributed by atoms with van der Waals surface area (Å²) in [6, 6.07) is 9.80. The lowest BCUT2D eigenvalue weighted by molar-refractivity contribution is 0.143. The molecule has 4 unspecified atom stereocenters. The summed E-state index contributed by atoms with van der Waals surface area (Å²) in [4.78, 5) is 0. The summed E-state index contributed by atoms with van der Waals surface area (Å²) >= 11 is 0. The highest BCUT2D eigenvalue weighted by molar-refractivity contribution is 5.32. The van der Waals surface area contributed by atoms with Crippen LogP contribution in [0.1, 0.15) is 51.2 Å². The van der Waals surface area contributed by atoms with Crippen molar-refractivity contribution in [2.45, 2.75) is 58.9 Å². The predicted molar refractivity (Wildman–Crippen MR) is 90.5 cm³/mol. The molecule has 1 nitrogen and oxygen atoms in total. The lowest BCUT2D eigenvalue weighted by atomic mass is 9.70. The van der Waals surface area contributed by atoms with E-state index in [2.05, 4.69) is 50.4 Å². The minimum absolute atomic E-state index is 0.720. The normalized spacial score (nSPS) is 31.1. The maximum Gasteiger partial charge on any atom is 0.0130 e. The smallest absolute Gasteiger partial charge is 0.0130 e. The van der Waals surface area contributed by atoms with Crippen LogP contribution in [0, 0.1) is 23.7 Å². The molecule has 0 aromatic heterocycles. The molecule has 0 bridgehead atoms. The summed E-state index contributed by atoms with van der Waals surface area (Å²) < 4.78 is 0. The molecule has 1 aromatic rings. The van der Waals surface area contributed by atoms with Crippen LogP contribution < -0.4 is 5.32 Å². The molecule has 1 heteroatoms. The summed E-state index contributed by atoms with van der Waals surface area (Å²) in [5, 5.41) is 3.86. The second-order valence-corrected chi connectivity index (χ2v) is 7.55.